The number of halogens is 1. The molecule has 2 N–H and O–H groups in total. The Morgan fingerprint density at radius 2 is 1.74 bits per heavy atom. The molecule has 1 heterocycles. The minimum atomic E-state index is -0.390. The van der Waals surface area contributed by atoms with Gasteiger partial charge in [-0.05, 0) is 30.7 Å². The third-order valence-electron chi connectivity index (χ3n) is 2.48. The first kappa shape index (κ1) is 13.6. The Balaban J connectivity index is 1.98. The number of aryl methyl sites for hydroxylation is 1. The number of rotatable bonds is 2. The zero-order chi connectivity index (χ0) is 13.8. The molecule has 0 fully saturated rings. The van der Waals surface area contributed by atoms with Gasteiger partial charge in [-0.3, -0.25) is 20.4 Å². The van der Waals surface area contributed by atoms with Gasteiger partial charge >= 0.3 is 0 Å². The van der Waals surface area contributed by atoms with Gasteiger partial charge < -0.3 is 0 Å². The summed E-state index contributed by atoms with van der Waals surface area (Å²) in [5.41, 5.74) is 6.08. The van der Waals surface area contributed by atoms with E-state index in [-0.39, 0.29) is 11.8 Å². The standard InChI is InChI=1S/C13H11ClN2O2S/c1-8-4-2-3-5-9(8)12(17)15-16-13(18)10-6-7-11(14)19-10/h2-7H,1H3,(H,15,17)(H,16,18). The van der Waals surface area contributed by atoms with Crippen LogP contribution in [0.5, 0.6) is 0 Å². The summed E-state index contributed by atoms with van der Waals surface area (Å²) in [7, 11) is 0. The van der Waals surface area contributed by atoms with Crippen LogP contribution >= 0.6 is 22.9 Å². The SMILES string of the molecule is Cc1ccccc1C(=O)NNC(=O)c1ccc(Cl)s1. The molecule has 4 nitrogen and oxygen atoms in total. The molecule has 0 bridgehead atoms. The summed E-state index contributed by atoms with van der Waals surface area (Å²) in [4.78, 5) is 24.0. The fraction of sp³-hybridized carbons (Fsp3) is 0.0769. The van der Waals surface area contributed by atoms with Crippen molar-refractivity contribution in [3.8, 4) is 0 Å². The Hall–Kier alpha value is -1.85. The smallest absolute Gasteiger partial charge is 0.267 e. The molecule has 0 aliphatic rings. The van der Waals surface area contributed by atoms with Crippen molar-refractivity contribution in [1.29, 1.82) is 0 Å². The molecule has 0 saturated heterocycles. The topological polar surface area (TPSA) is 58.2 Å². The Morgan fingerprint density at radius 1 is 1.05 bits per heavy atom. The molecule has 0 unspecified atom stereocenters. The third-order valence-corrected chi connectivity index (χ3v) is 3.71. The first-order valence-electron chi connectivity index (χ1n) is 5.49. The van der Waals surface area contributed by atoms with Crippen LogP contribution in [0.15, 0.2) is 36.4 Å². The summed E-state index contributed by atoms with van der Waals surface area (Å²) >= 11 is 6.88. The van der Waals surface area contributed by atoms with Crippen molar-refractivity contribution in [2.45, 2.75) is 6.92 Å². The molecular weight excluding hydrogens is 284 g/mol. The summed E-state index contributed by atoms with van der Waals surface area (Å²) in [6, 6.07) is 10.4. The number of hydrazine groups is 1. The number of carbonyl (C=O) groups is 2. The van der Waals surface area contributed by atoms with Gasteiger partial charge in [0.15, 0.2) is 0 Å². The molecule has 0 aliphatic carbocycles. The van der Waals surface area contributed by atoms with Crippen molar-refractivity contribution in [3.63, 3.8) is 0 Å². The lowest BCUT2D eigenvalue weighted by molar-refractivity contribution is 0.0848. The van der Waals surface area contributed by atoms with Gasteiger partial charge in [0.25, 0.3) is 11.8 Å². The fourth-order valence-corrected chi connectivity index (χ4v) is 2.44. The molecule has 1 aromatic heterocycles. The molecule has 1 aromatic carbocycles. The Labute approximate surface area is 119 Å². The Kier molecular flexibility index (Phi) is 4.19. The second kappa shape index (κ2) is 5.86. The van der Waals surface area contributed by atoms with Crippen molar-refractivity contribution in [2.75, 3.05) is 0 Å². The first-order chi connectivity index (χ1) is 9.08. The van der Waals surface area contributed by atoms with Crippen LogP contribution in [-0.4, -0.2) is 11.8 Å². The lowest BCUT2D eigenvalue weighted by atomic mass is 10.1. The molecule has 2 aromatic rings. The molecule has 98 valence electrons. The Morgan fingerprint density at radius 3 is 2.37 bits per heavy atom. The van der Waals surface area contributed by atoms with Gasteiger partial charge in [0, 0.05) is 5.56 Å². The monoisotopic (exact) mass is 294 g/mol. The fourth-order valence-electron chi connectivity index (χ4n) is 1.51. The molecule has 0 aliphatic heterocycles. The number of thiophene rings is 1. The minimum Gasteiger partial charge on any atom is -0.267 e. The molecule has 0 saturated carbocycles. The molecule has 2 amide bonds. The second-order valence-corrected chi connectivity index (χ2v) is 5.54. The van der Waals surface area contributed by atoms with Crippen molar-refractivity contribution < 1.29 is 9.59 Å². The molecule has 2 rings (SSSR count). The normalized spacial score (nSPS) is 10.0. The predicted molar refractivity (Wildman–Crippen MR) is 75.4 cm³/mol. The number of carbonyl (C=O) groups excluding carboxylic acids is 2. The number of hydrogen-bond acceptors (Lipinski definition) is 3. The lowest BCUT2D eigenvalue weighted by Gasteiger charge is -2.08. The van der Waals surface area contributed by atoms with E-state index in [9.17, 15) is 9.59 Å². The van der Waals surface area contributed by atoms with Crippen LogP contribution in [0.25, 0.3) is 0 Å². The number of amides is 2. The van der Waals surface area contributed by atoms with Gasteiger partial charge in [0.2, 0.25) is 0 Å². The van der Waals surface area contributed by atoms with Crippen molar-refractivity contribution in [2.24, 2.45) is 0 Å². The largest absolute Gasteiger partial charge is 0.279 e. The Bertz CT molecular complexity index is 625. The van der Waals surface area contributed by atoms with E-state index in [0.717, 1.165) is 16.9 Å². The molecule has 0 atom stereocenters. The average Bonchev–Trinajstić information content (AvgIpc) is 2.83. The molecule has 19 heavy (non-hydrogen) atoms. The quantitative estimate of drug-likeness (QED) is 0.837. The van der Waals surface area contributed by atoms with Gasteiger partial charge in [-0.2, -0.15) is 0 Å². The second-order valence-electron chi connectivity index (χ2n) is 3.83. The van der Waals surface area contributed by atoms with Gasteiger partial charge in [-0.1, -0.05) is 29.8 Å². The van der Waals surface area contributed by atoms with Gasteiger partial charge in [-0.25, -0.2) is 0 Å². The summed E-state index contributed by atoms with van der Waals surface area (Å²) in [6.45, 7) is 1.83. The number of nitrogens with one attached hydrogen (secondary N) is 2. The summed E-state index contributed by atoms with van der Waals surface area (Å²) in [6.07, 6.45) is 0. The predicted octanol–water partition coefficient (Wildman–Crippen LogP) is 2.78. The van der Waals surface area contributed by atoms with Crippen molar-refractivity contribution in [3.05, 3.63) is 56.7 Å². The van der Waals surface area contributed by atoms with Crippen LogP contribution in [-0.2, 0) is 0 Å². The zero-order valence-electron chi connectivity index (χ0n) is 10.1. The van der Waals surface area contributed by atoms with E-state index in [1.165, 1.54) is 0 Å². The van der Waals surface area contributed by atoms with Gasteiger partial charge in [0.05, 0.1) is 9.21 Å². The van der Waals surface area contributed by atoms with Crippen molar-refractivity contribution in [1.82, 2.24) is 10.9 Å². The molecule has 0 spiro atoms. The van der Waals surface area contributed by atoms with Gasteiger partial charge in [-0.15, -0.1) is 11.3 Å². The highest BCUT2D eigenvalue weighted by atomic mass is 35.5. The van der Waals surface area contributed by atoms with Crippen LogP contribution < -0.4 is 10.9 Å². The van der Waals surface area contributed by atoms with Gasteiger partial charge in [0.1, 0.15) is 0 Å². The van der Waals surface area contributed by atoms with Crippen LogP contribution in [0.4, 0.5) is 0 Å². The van der Waals surface area contributed by atoms with E-state index >= 15 is 0 Å². The van der Waals surface area contributed by atoms with E-state index in [0.29, 0.717) is 14.8 Å². The van der Waals surface area contributed by atoms with Crippen LogP contribution in [0.1, 0.15) is 25.6 Å². The van der Waals surface area contributed by atoms with E-state index in [4.69, 9.17) is 11.6 Å². The first-order valence-corrected chi connectivity index (χ1v) is 6.69. The van der Waals surface area contributed by atoms with Crippen LogP contribution in [0.3, 0.4) is 0 Å². The van der Waals surface area contributed by atoms with E-state index < -0.39 is 0 Å². The maximum Gasteiger partial charge on any atom is 0.279 e. The molecule has 0 radical (unpaired) electrons. The average molecular weight is 295 g/mol. The number of benzene rings is 1. The highest BCUT2D eigenvalue weighted by Crippen LogP contribution is 2.20. The maximum atomic E-state index is 11.9. The highest BCUT2D eigenvalue weighted by Gasteiger charge is 2.11. The summed E-state index contributed by atoms with van der Waals surface area (Å²) < 4.78 is 0.524. The van der Waals surface area contributed by atoms with Crippen LogP contribution in [0.2, 0.25) is 4.34 Å². The number of hydrogen-bond donors (Lipinski definition) is 2. The lowest BCUT2D eigenvalue weighted by Crippen LogP contribution is -2.41. The molecular formula is C13H11ClN2O2S. The van der Waals surface area contributed by atoms with E-state index in [1.807, 2.05) is 19.1 Å². The highest BCUT2D eigenvalue weighted by molar-refractivity contribution is 7.17. The van der Waals surface area contributed by atoms with E-state index in [2.05, 4.69) is 10.9 Å². The minimum absolute atomic E-state index is 0.353. The summed E-state index contributed by atoms with van der Waals surface area (Å²) in [5, 5.41) is 0. The zero-order valence-corrected chi connectivity index (χ0v) is 11.6. The van der Waals surface area contributed by atoms with Crippen LogP contribution in [0, 0.1) is 6.92 Å². The van der Waals surface area contributed by atoms with Crippen molar-refractivity contribution >= 4 is 34.8 Å². The molecule has 6 heteroatoms. The summed E-state index contributed by atoms with van der Waals surface area (Å²) in [5.74, 6) is -0.743. The van der Waals surface area contributed by atoms with E-state index in [1.54, 1.807) is 24.3 Å². The maximum absolute atomic E-state index is 11.9. The third kappa shape index (κ3) is 3.33.